The first-order valence-corrected chi connectivity index (χ1v) is 7.29. The molecule has 0 aliphatic carbocycles. The molecule has 112 valence electrons. The van der Waals surface area contributed by atoms with Gasteiger partial charge in [0, 0.05) is 26.3 Å². The van der Waals surface area contributed by atoms with Crippen LogP contribution >= 0.6 is 0 Å². The standard InChI is InChI=1S/C12H18N2O5S/c1-14(2)9-5-4-6-10(7-9)20(17,18)13-8-11(15)12(16)19-3/h4-7,11,13,15H,8H2,1-3H3/t11-/m1/s1. The Bertz CT molecular complexity index is 571. The second-order valence-corrected chi connectivity index (χ2v) is 6.05. The van der Waals surface area contributed by atoms with Crippen molar-refractivity contribution in [1.29, 1.82) is 0 Å². The number of benzene rings is 1. The van der Waals surface area contributed by atoms with E-state index in [9.17, 15) is 18.3 Å². The number of ether oxygens (including phenoxy) is 1. The first kappa shape index (κ1) is 16.4. The largest absolute Gasteiger partial charge is 0.467 e. The topological polar surface area (TPSA) is 95.9 Å². The van der Waals surface area contributed by atoms with Crippen molar-refractivity contribution >= 4 is 21.7 Å². The van der Waals surface area contributed by atoms with Crippen molar-refractivity contribution in [1.82, 2.24) is 4.72 Å². The summed E-state index contributed by atoms with van der Waals surface area (Å²) in [5, 5.41) is 9.36. The Kier molecular flexibility index (Phi) is 5.49. The fourth-order valence-electron chi connectivity index (χ4n) is 1.42. The molecule has 0 bridgehead atoms. The zero-order valence-corrected chi connectivity index (χ0v) is 12.3. The molecule has 0 saturated carbocycles. The summed E-state index contributed by atoms with van der Waals surface area (Å²) in [6.45, 7) is -0.443. The maximum Gasteiger partial charge on any atom is 0.336 e. The lowest BCUT2D eigenvalue weighted by molar-refractivity contribution is -0.149. The monoisotopic (exact) mass is 302 g/mol. The fourth-order valence-corrected chi connectivity index (χ4v) is 2.50. The molecule has 0 unspecified atom stereocenters. The van der Waals surface area contributed by atoms with Gasteiger partial charge in [-0.15, -0.1) is 0 Å². The van der Waals surface area contributed by atoms with Crippen molar-refractivity contribution in [3.05, 3.63) is 24.3 Å². The Morgan fingerprint density at radius 1 is 1.45 bits per heavy atom. The molecule has 1 aromatic carbocycles. The maximum absolute atomic E-state index is 12.0. The zero-order chi connectivity index (χ0) is 15.3. The predicted molar refractivity (Wildman–Crippen MR) is 74.0 cm³/mol. The first-order chi connectivity index (χ1) is 9.27. The van der Waals surface area contributed by atoms with Crippen molar-refractivity contribution in [2.75, 3.05) is 32.6 Å². The molecule has 7 nitrogen and oxygen atoms in total. The van der Waals surface area contributed by atoms with E-state index in [1.165, 1.54) is 12.1 Å². The van der Waals surface area contributed by atoms with Crippen molar-refractivity contribution in [3.63, 3.8) is 0 Å². The van der Waals surface area contributed by atoms with Gasteiger partial charge >= 0.3 is 5.97 Å². The Morgan fingerprint density at radius 3 is 2.65 bits per heavy atom. The summed E-state index contributed by atoms with van der Waals surface area (Å²) in [6, 6.07) is 6.30. The average Bonchev–Trinajstić information content (AvgIpc) is 2.44. The van der Waals surface area contributed by atoms with Gasteiger partial charge in [0.15, 0.2) is 6.10 Å². The highest BCUT2D eigenvalue weighted by molar-refractivity contribution is 7.89. The van der Waals surface area contributed by atoms with Gasteiger partial charge in [-0.25, -0.2) is 17.9 Å². The van der Waals surface area contributed by atoms with Gasteiger partial charge in [-0.2, -0.15) is 0 Å². The number of anilines is 1. The van der Waals surface area contributed by atoms with Crippen molar-refractivity contribution in [2.45, 2.75) is 11.0 Å². The molecule has 1 atom stereocenters. The summed E-state index contributed by atoms with van der Waals surface area (Å²) < 4.78 is 30.5. The number of aliphatic hydroxyl groups excluding tert-OH is 1. The van der Waals surface area contributed by atoms with Crippen molar-refractivity contribution < 1.29 is 23.1 Å². The van der Waals surface area contributed by atoms with Crippen LogP contribution in [0.2, 0.25) is 0 Å². The summed E-state index contributed by atoms with van der Waals surface area (Å²) in [6.07, 6.45) is -1.54. The highest BCUT2D eigenvalue weighted by atomic mass is 32.2. The number of methoxy groups -OCH3 is 1. The van der Waals surface area contributed by atoms with Crippen LogP contribution in [0.15, 0.2) is 29.2 Å². The normalized spacial score (nSPS) is 12.8. The maximum atomic E-state index is 12.0. The number of hydrogen-bond acceptors (Lipinski definition) is 6. The van der Waals surface area contributed by atoms with Crippen LogP contribution in [0.5, 0.6) is 0 Å². The van der Waals surface area contributed by atoms with E-state index in [1.54, 1.807) is 31.1 Å². The number of rotatable bonds is 6. The number of carbonyl (C=O) groups is 1. The van der Waals surface area contributed by atoms with Gasteiger partial charge in [-0.3, -0.25) is 0 Å². The van der Waals surface area contributed by atoms with E-state index in [0.29, 0.717) is 0 Å². The molecule has 1 rings (SSSR count). The molecule has 8 heteroatoms. The van der Waals surface area contributed by atoms with Crippen molar-refractivity contribution in [3.8, 4) is 0 Å². The van der Waals surface area contributed by atoms with E-state index in [2.05, 4.69) is 9.46 Å². The second kappa shape index (κ2) is 6.69. The van der Waals surface area contributed by atoms with Crippen LogP contribution in [0.25, 0.3) is 0 Å². The summed E-state index contributed by atoms with van der Waals surface area (Å²) >= 11 is 0. The molecule has 0 radical (unpaired) electrons. The Hall–Kier alpha value is -1.64. The Morgan fingerprint density at radius 2 is 2.10 bits per heavy atom. The van der Waals surface area contributed by atoms with Gasteiger partial charge < -0.3 is 14.7 Å². The number of hydrogen-bond donors (Lipinski definition) is 2. The van der Waals surface area contributed by atoms with Crippen LogP contribution < -0.4 is 9.62 Å². The number of carbonyl (C=O) groups excluding carboxylic acids is 1. The molecule has 0 amide bonds. The summed E-state index contributed by atoms with van der Waals surface area (Å²) in [5.74, 6) is -0.894. The van der Waals surface area contributed by atoms with E-state index in [1.807, 2.05) is 0 Å². The second-order valence-electron chi connectivity index (χ2n) is 4.28. The van der Waals surface area contributed by atoms with Crippen LogP contribution in [0.1, 0.15) is 0 Å². The summed E-state index contributed by atoms with van der Waals surface area (Å²) in [7, 11) is 0.898. The molecule has 0 spiro atoms. The number of esters is 1. The Labute approximate surface area is 118 Å². The number of nitrogens with one attached hydrogen (secondary N) is 1. The lowest BCUT2D eigenvalue weighted by Gasteiger charge is -2.14. The van der Waals surface area contributed by atoms with Crippen LogP contribution in [0.3, 0.4) is 0 Å². The SMILES string of the molecule is COC(=O)[C@H](O)CNS(=O)(=O)c1cccc(N(C)C)c1. The molecule has 0 aliphatic heterocycles. The van der Waals surface area contributed by atoms with E-state index in [4.69, 9.17) is 0 Å². The summed E-state index contributed by atoms with van der Waals surface area (Å²) in [5.41, 5.74) is 0.724. The van der Waals surface area contributed by atoms with Crippen LogP contribution in [-0.2, 0) is 19.6 Å². The summed E-state index contributed by atoms with van der Waals surface area (Å²) in [4.78, 5) is 12.8. The minimum absolute atomic E-state index is 0.0563. The highest BCUT2D eigenvalue weighted by Crippen LogP contribution is 2.17. The van der Waals surface area contributed by atoms with E-state index in [0.717, 1.165) is 12.8 Å². The Balaban J connectivity index is 2.84. The third-order valence-electron chi connectivity index (χ3n) is 2.58. The van der Waals surface area contributed by atoms with E-state index in [-0.39, 0.29) is 4.90 Å². The average molecular weight is 302 g/mol. The molecule has 0 saturated heterocycles. The first-order valence-electron chi connectivity index (χ1n) is 5.81. The highest BCUT2D eigenvalue weighted by Gasteiger charge is 2.20. The smallest absolute Gasteiger partial charge is 0.336 e. The lowest BCUT2D eigenvalue weighted by atomic mass is 10.3. The minimum Gasteiger partial charge on any atom is -0.467 e. The quantitative estimate of drug-likeness (QED) is 0.692. The predicted octanol–water partition coefficient (Wildman–Crippen LogP) is -0.435. The third-order valence-corrected chi connectivity index (χ3v) is 4.01. The van der Waals surface area contributed by atoms with Gasteiger partial charge in [0.25, 0.3) is 0 Å². The van der Waals surface area contributed by atoms with Gasteiger partial charge in [-0.05, 0) is 18.2 Å². The molecule has 1 aromatic rings. The molecule has 0 fully saturated rings. The molecule has 20 heavy (non-hydrogen) atoms. The van der Waals surface area contributed by atoms with E-state index >= 15 is 0 Å². The number of nitrogens with zero attached hydrogens (tertiary/aromatic N) is 1. The molecule has 0 aromatic heterocycles. The molecular formula is C12H18N2O5S. The molecule has 0 aliphatic rings. The minimum atomic E-state index is -3.80. The van der Waals surface area contributed by atoms with Gasteiger partial charge in [-0.1, -0.05) is 6.07 Å². The van der Waals surface area contributed by atoms with Crippen LogP contribution in [0.4, 0.5) is 5.69 Å². The zero-order valence-electron chi connectivity index (χ0n) is 11.5. The van der Waals surface area contributed by atoms with Gasteiger partial charge in [0.1, 0.15) is 0 Å². The van der Waals surface area contributed by atoms with E-state index < -0.39 is 28.6 Å². The molecule has 0 heterocycles. The lowest BCUT2D eigenvalue weighted by Crippen LogP contribution is -2.37. The number of aliphatic hydroxyl groups is 1. The van der Waals surface area contributed by atoms with Crippen molar-refractivity contribution in [2.24, 2.45) is 0 Å². The molecule has 2 N–H and O–H groups in total. The van der Waals surface area contributed by atoms with Gasteiger partial charge in [0.05, 0.1) is 12.0 Å². The van der Waals surface area contributed by atoms with Crippen LogP contribution in [0, 0.1) is 0 Å². The molecular weight excluding hydrogens is 284 g/mol. The van der Waals surface area contributed by atoms with Gasteiger partial charge in [0.2, 0.25) is 10.0 Å². The third kappa shape index (κ3) is 4.19. The number of sulfonamides is 1. The fraction of sp³-hybridized carbons (Fsp3) is 0.417. The van der Waals surface area contributed by atoms with Crippen LogP contribution in [-0.4, -0.2) is 53.3 Å².